The van der Waals surface area contributed by atoms with Crippen molar-refractivity contribution in [3.05, 3.63) is 65.5 Å². The molecule has 0 spiro atoms. The Kier molecular flexibility index (Phi) is 8.10. The summed E-state index contributed by atoms with van der Waals surface area (Å²) in [6.07, 6.45) is 2.43. The first-order chi connectivity index (χ1) is 15.1. The van der Waals surface area contributed by atoms with Gasteiger partial charge >= 0.3 is 5.97 Å². The maximum Gasteiger partial charge on any atom is 0.344 e. The van der Waals surface area contributed by atoms with Crippen LogP contribution in [0.2, 0.25) is 0 Å². The smallest absolute Gasteiger partial charge is 0.344 e. The minimum absolute atomic E-state index is 0.0973. The van der Waals surface area contributed by atoms with Gasteiger partial charge in [-0.25, -0.2) is 9.78 Å². The highest BCUT2D eigenvalue weighted by atomic mass is 16.6. The van der Waals surface area contributed by atoms with Gasteiger partial charge in [0.15, 0.2) is 6.61 Å². The van der Waals surface area contributed by atoms with Gasteiger partial charge in [-0.05, 0) is 56.2 Å². The molecule has 6 nitrogen and oxygen atoms in total. The number of aryl methyl sites for hydroxylation is 2. The summed E-state index contributed by atoms with van der Waals surface area (Å²) in [4.78, 5) is 16.2. The molecule has 0 saturated carbocycles. The van der Waals surface area contributed by atoms with E-state index in [0.29, 0.717) is 31.3 Å². The van der Waals surface area contributed by atoms with Gasteiger partial charge in [-0.1, -0.05) is 31.5 Å². The molecule has 3 aromatic rings. The van der Waals surface area contributed by atoms with Crippen molar-refractivity contribution in [2.24, 2.45) is 0 Å². The Bertz CT molecular complexity index is 981. The number of carbonyl (C=O) groups is 1. The molecule has 0 aliphatic heterocycles. The van der Waals surface area contributed by atoms with Crippen molar-refractivity contribution in [1.29, 1.82) is 0 Å². The van der Waals surface area contributed by atoms with Crippen molar-refractivity contribution in [3.8, 4) is 23.0 Å². The summed E-state index contributed by atoms with van der Waals surface area (Å²) in [5, 5.41) is 0. The summed E-state index contributed by atoms with van der Waals surface area (Å²) >= 11 is 0. The largest absolute Gasteiger partial charge is 0.493 e. The van der Waals surface area contributed by atoms with E-state index in [0.717, 1.165) is 41.2 Å². The number of oxazole rings is 1. The molecule has 0 saturated heterocycles. The lowest BCUT2D eigenvalue weighted by atomic mass is 10.1. The lowest BCUT2D eigenvalue weighted by Crippen LogP contribution is -2.15. The molecule has 0 amide bonds. The van der Waals surface area contributed by atoms with Crippen LogP contribution in [0.1, 0.15) is 37.3 Å². The Morgan fingerprint density at radius 3 is 2.58 bits per heavy atom. The van der Waals surface area contributed by atoms with Crippen LogP contribution in [-0.2, 0) is 22.4 Å². The van der Waals surface area contributed by atoms with E-state index >= 15 is 0 Å². The van der Waals surface area contributed by atoms with Crippen LogP contribution < -0.4 is 9.47 Å². The Labute approximate surface area is 183 Å². The van der Waals surface area contributed by atoms with Crippen molar-refractivity contribution >= 4 is 5.97 Å². The summed E-state index contributed by atoms with van der Waals surface area (Å²) in [5.74, 6) is 2.50. The minimum Gasteiger partial charge on any atom is -0.493 e. The fraction of sp³-hybridized carbons (Fsp3) is 0.360. The van der Waals surface area contributed by atoms with Crippen molar-refractivity contribution in [3.63, 3.8) is 0 Å². The van der Waals surface area contributed by atoms with Crippen LogP contribution >= 0.6 is 0 Å². The zero-order valence-electron chi connectivity index (χ0n) is 18.3. The second-order valence-corrected chi connectivity index (χ2v) is 7.10. The molecule has 0 radical (unpaired) electrons. The number of rotatable bonds is 11. The molecule has 0 N–H and O–H groups in total. The minimum atomic E-state index is -0.372. The zero-order valence-corrected chi connectivity index (χ0v) is 18.3. The second-order valence-electron chi connectivity index (χ2n) is 7.10. The van der Waals surface area contributed by atoms with Crippen molar-refractivity contribution in [1.82, 2.24) is 4.98 Å². The summed E-state index contributed by atoms with van der Waals surface area (Å²) in [5.41, 5.74) is 2.86. The van der Waals surface area contributed by atoms with Gasteiger partial charge in [0.2, 0.25) is 5.89 Å². The van der Waals surface area contributed by atoms with Gasteiger partial charge in [0.1, 0.15) is 17.3 Å². The van der Waals surface area contributed by atoms with Crippen LogP contribution in [0.4, 0.5) is 0 Å². The molecular weight excluding hydrogens is 394 g/mol. The molecule has 164 valence electrons. The average molecular weight is 424 g/mol. The third kappa shape index (κ3) is 6.35. The Hall–Kier alpha value is -3.28. The number of hydrogen-bond acceptors (Lipinski definition) is 6. The fourth-order valence-electron chi connectivity index (χ4n) is 3.22. The molecule has 2 aromatic carbocycles. The average Bonchev–Trinajstić information content (AvgIpc) is 3.15. The van der Waals surface area contributed by atoms with Crippen LogP contribution in [0.25, 0.3) is 11.5 Å². The van der Waals surface area contributed by atoms with E-state index in [2.05, 4.69) is 11.9 Å². The highest BCUT2D eigenvalue weighted by Gasteiger charge is 2.12. The lowest BCUT2D eigenvalue weighted by molar-refractivity contribution is -0.145. The predicted molar refractivity (Wildman–Crippen MR) is 118 cm³/mol. The molecule has 0 fully saturated rings. The Morgan fingerprint density at radius 1 is 1.03 bits per heavy atom. The molecule has 1 aromatic heterocycles. The van der Waals surface area contributed by atoms with E-state index in [4.69, 9.17) is 18.6 Å². The van der Waals surface area contributed by atoms with Crippen LogP contribution in [0.5, 0.6) is 11.5 Å². The normalized spacial score (nSPS) is 10.7. The molecule has 0 unspecified atom stereocenters. The number of esters is 1. The SMILES string of the molecule is CCCc1cc(OCCc2nc(-c3ccccc3)oc2C)ccc1OCC(=O)OCC. The summed E-state index contributed by atoms with van der Waals surface area (Å²) in [6.45, 7) is 6.52. The number of benzene rings is 2. The standard InChI is InChI=1S/C25H29NO5/c1-4-9-20-16-21(12-13-23(20)30-17-24(27)28-5-2)29-15-14-22-18(3)31-25(26-22)19-10-7-6-8-11-19/h6-8,10-13,16H,4-5,9,14-15,17H2,1-3H3. The van der Waals surface area contributed by atoms with Crippen molar-refractivity contribution < 1.29 is 23.4 Å². The molecular formula is C25H29NO5. The summed E-state index contributed by atoms with van der Waals surface area (Å²) in [6, 6.07) is 15.5. The Balaban J connectivity index is 1.59. The van der Waals surface area contributed by atoms with E-state index in [9.17, 15) is 4.79 Å². The quantitative estimate of drug-likeness (QED) is 0.397. The van der Waals surface area contributed by atoms with E-state index in [1.54, 1.807) is 6.92 Å². The van der Waals surface area contributed by atoms with Crippen molar-refractivity contribution in [2.45, 2.75) is 40.0 Å². The van der Waals surface area contributed by atoms with Crippen LogP contribution in [-0.4, -0.2) is 30.8 Å². The van der Waals surface area contributed by atoms with Gasteiger partial charge in [-0.2, -0.15) is 0 Å². The topological polar surface area (TPSA) is 70.8 Å². The number of carbonyl (C=O) groups excluding carboxylic acids is 1. The van der Waals surface area contributed by atoms with Crippen LogP contribution in [0.15, 0.2) is 52.9 Å². The second kappa shape index (κ2) is 11.2. The van der Waals surface area contributed by atoms with E-state index in [-0.39, 0.29) is 12.6 Å². The van der Waals surface area contributed by atoms with Gasteiger partial charge in [-0.15, -0.1) is 0 Å². The van der Waals surface area contributed by atoms with Crippen molar-refractivity contribution in [2.75, 3.05) is 19.8 Å². The third-order valence-electron chi connectivity index (χ3n) is 4.72. The first-order valence-corrected chi connectivity index (χ1v) is 10.7. The molecule has 1 heterocycles. The monoisotopic (exact) mass is 423 g/mol. The lowest BCUT2D eigenvalue weighted by Gasteiger charge is -2.13. The molecule has 0 aliphatic rings. The number of aromatic nitrogens is 1. The van der Waals surface area contributed by atoms with E-state index in [1.165, 1.54) is 0 Å². The highest BCUT2D eigenvalue weighted by molar-refractivity contribution is 5.71. The van der Waals surface area contributed by atoms with Gasteiger partial charge in [-0.3, -0.25) is 0 Å². The fourth-order valence-corrected chi connectivity index (χ4v) is 3.22. The van der Waals surface area contributed by atoms with Gasteiger partial charge in [0.05, 0.1) is 18.9 Å². The first kappa shape index (κ1) is 22.4. The molecule has 31 heavy (non-hydrogen) atoms. The zero-order chi connectivity index (χ0) is 22.1. The Morgan fingerprint density at radius 2 is 1.84 bits per heavy atom. The highest BCUT2D eigenvalue weighted by Crippen LogP contribution is 2.26. The van der Waals surface area contributed by atoms with E-state index < -0.39 is 0 Å². The number of ether oxygens (including phenoxy) is 3. The van der Waals surface area contributed by atoms with Crippen LogP contribution in [0, 0.1) is 6.92 Å². The van der Waals surface area contributed by atoms with Crippen LogP contribution in [0.3, 0.4) is 0 Å². The maximum atomic E-state index is 11.6. The molecule has 0 aliphatic carbocycles. The summed E-state index contributed by atoms with van der Waals surface area (Å²) < 4.78 is 22.3. The predicted octanol–water partition coefficient (Wildman–Crippen LogP) is 5.17. The molecule has 3 rings (SSSR count). The first-order valence-electron chi connectivity index (χ1n) is 10.7. The molecule has 6 heteroatoms. The molecule has 0 bridgehead atoms. The number of nitrogens with zero attached hydrogens (tertiary/aromatic N) is 1. The third-order valence-corrected chi connectivity index (χ3v) is 4.72. The van der Waals surface area contributed by atoms with Gasteiger partial charge in [0.25, 0.3) is 0 Å². The number of hydrogen-bond donors (Lipinski definition) is 0. The summed E-state index contributed by atoms with van der Waals surface area (Å²) in [7, 11) is 0. The molecule has 0 atom stereocenters. The van der Waals surface area contributed by atoms with Gasteiger partial charge < -0.3 is 18.6 Å². The van der Waals surface area contributed by atoms with Gasteiger partial charge in [0, 0.05) is 12.0 Å². The van der Waals surface area contributed by atoms with E-state index in [1.807, 2.05) is 55.5 Å². The maximum absolute atomic E-state index is 11.6.